The summed E-state index contributed by atoms with van der Waals surface area (Å²) in [7, 11) is 0. The molecule has 0 saturated carbocycles. The first kappa shape index (κ1) is 15.1. The number of halogens is 3. The monoisotopic (exact) mass is 422 g/mol. The summed E-state index contributed by atoms with van der Waals surface area (Å²) in [5.74, 6) is 0. The van der Waals surface area contributed by atoms with Gasteiger partial charge in [-0.3, -0.25) is 0 Å². The van der Waals surface area contributed by atoms with E-state index in [4.69, 9.17) is 11.6 Å². The molecule has 0 N–H and O–H groups in total. The van der Waals surface area contributed by atoms with Crippen LogP contribution in [0.1, 0.15) is 16.0 Å². The fraction of sp³-hybridized carbons (Fsp3) is 0.111. The maximum atomic E-state index is 6.30. The van der Waals surface area contributed by atoms with Crippen molar-refractivity contribution in [1.29, 1.82) is 0 Å². The minimum Gasteiger partial charge on any atom is -0.0840 e. The third kappa shape index (κ3) is 3.50. The third-order valence-electron chi connectivity index (χ3n) is 3.52. The lowest BCUT2D eigenvalue weighted by Gasteiger charge is -2.13. The molecule has 0 saturated heterocycles. The van der Waals surface area contributed by atoms with Gasteiger partial charge in [0.1, 0.15) is 0 Å². The second-order valence-electron chi connectivity index (χ2n) is 5.02. The quantitative estimate of drug-likeness (QED) is 0.400. The number of hydrogen-bond donors (Lipinski definition) is 0. The van der Waals surface area contributed by atoms with Gasteiger partial charge in [-0.05, 0) is 46.5 Å². The molecular formula is C18H13Br2Cl. The summed E-state index contributed by atoms with van der Waals surface area (Å²) in [4.78, 5) is 0.198. The van der Waals surface area contributed by atoms with Crippen molar-refractivity contribution in [3.8, 4) is 0 Å². The molecule has 3 rings (SSSR count). The Morgan fingerprint density at radius 1 is 0.905 bits per heavy atom. The maximum absolute atomic E-state index is 6.30. The van der Waals surface area contributed by atoms with Crippen LogP contribution in [0.25, 0.3) is 10.8 Å². The predicted molar refractivity (Wildman–Crippen MR) is 98.5 cm³/mol. The van der Waals surface area contributed by atoms with Gasteiger partial charge >= 0.3 is 0 Å². The molecule has 1 atom stereocenters. The van der Waals surface area contributed by atoms with Crippen molar-refractivity contribution >= 4 is 54.2 Å². The van der Waals surface area contributed by atoms with Gasteiger partial charge in [0.25, 0.3) is 0 Å². The summed E-state index contributed by atoms with van der Waals surface area (Å²) in [6.07, 6.45) is 0.904. The van der Waals surface area contributed by atoms with Crippen molar-refractivity contribution in [2.24, 2.45) is 0 Å². The van der Waals surface area contributed by atoms with E-state index in [1.807, 2.05) is 12.1 Å². The standard InChI is InChI=1S/C18H13Br2Cl/c19-15-7-8-18(21)16(11-15)17(20)10-12-5-6-13-3-1-2-4-14(13)9-12/h1-9,11,17H,10H2. The molecule has 0 aliphatic rings. The molecule has 0 aromatic heterocycles. The molecule has 0 spiro atoms. The second kappa shape index (κ2) is 6.51. The van der Waals surface area contributed by atoms with Crippen LogP contribution in [-0.4, -0.2) is 0 Å². The minimum absolute atomic E-state index is 0.198. The van der Waals surface area contributed by atoms with E-state index in [1.165, 1.54) is 16.3 Å². The summed E-state index contributed by atoms with van der Waals surface area (Å²) < 4.78 is 1.05. The molecule has 0 amide bonds. The van der Waals surface area contributed by atoms with Crippen LogP contribution < -0.4 is 0 Å². The Kier molecular flexibility index (Phi) is 4.68. The fourth-order valence-electron chi connectivity index (χ4n) is 2.44. The molecule has 0 fully saturated rings. The van der Waals surface area contributed by atoms with Gasteiger partial charge in [-0.1, -0.05) is 85.9 Å². The van der Waals surface area contributed by atoms with Gasteiger partial charge in [0.2, 0.25) is 0 Å². The SMILES string of the molecule is Clc1ccc(Br)cc1C(Br)Cc1ccc2ccccc2c1. The molecule has 3 aromatic carbocycles. The Morgan fingerprint density at radius 2 is 1.67 bits per heavy atom. The number of benzene rings is 3. The van der Waals surface area contributed by atoms with Crippen molar-refractivity contribution < 1.29 is 0 Å². The fourth-order valence-corrected chi connectivity index (χ4v) is 3.95. The highest BCUT2D eigenvalue weighted by molar-refractivity contribution is 9.10. The molecule has 106 valence electrons. The van der Waals surface area contributed by atoms with Crippen LogP contribution in [0.5, 0.6) is 0 Å². The Hall–Kier alpha value is -0.830. The average molecular weight is 425 g/mol. The lowest BCUT2D eigenvalue weighted by atomic mass is 10.0. The second-order valence-corrected chi connectivity index (χ2v) is 7.45. The largest absolute Gasteiger partial charge is 0.0840 e. The zero-order valence-corrected chi connectivity index (χ0v) is 15.1. The van der Waals surface area contributed by atoms with E-state index in [2.05, 4.69) is 80.4 Å². The molecule has 1 unspecified atom stereocenters. The van der Waals surface area contributed by atoms with E-state index >= 15 is 0 Å². The molecule has 3 heteroatoms. The molecule has 0 nitrogen and oxygen atoms in total. The normalized spacial score (nSPS) is 12.5. The number of rotatable bonds is 3. The summed E-state index contributed by atoms with van der Waals surface area (Å²) in [5.41, 5.74) is 2.41. The van der Waals surface area contributed by atoms with Crippen LogP contribution in [0.3, 0.4) is 0 Å². The van der Waals surface area contributed by atoms with Crippen molar-refractivity contribution in [2.45, 2.75) is 11.2 Å². The van der Waals surface area contributed by atoms with Crippen molar-refractivity contribution in [3.05, 3.63) is 81.3 Å². The van der Waals surface area contributed by atoms with E-state index in [-0.39, 0.29) is 4.83 Å². The Balaban J connectivity index is 1.88. The third-order valence-corrected chi connectivity index (χ3v) is 5.18. The number of fused-ring (bicyclic) bond motifs is 1. The molecule has 21 heavy (non-hydrogen) atoms. The Morgan fingerprint density at radius 3 is 2.48 bits per heavy atom. The van der Waals surface area contributed by atoms with Crippen molar-refractivity contribution in [2.75, 3.05) is 0 Å². The van der Waals surface area contributed by atoms with Crippen molar-refractivity contribution in [1.82, 2.24) is 0 Å². The van der Waals surface area contributed by atoms with E-state index in [1.54, 1.807) is 0 Å². The van der Waals surface area contributed by atoms with Crippen LogP contribution in [0.2, 0.25) is 5.02 Å². The molecule has 0 bridgehead atoms. The topological polar surface area (TPSA) is 0 Å². The predicted octanol–water partition coefficient (Wildman–Crippen LogP) is 6.93. The van der Waals surface area contributed by atoms with Crippen molar-refractivity contribution in [3.63, 3.8) is 0 Å². The zero-order chi connectivity index (χ0) is 14.8. The van der Waals surface area contributed by atoms with Crippen LogP contribution in [0.4, 0.5) is 0 Å². The van der Waals surface area contributed by atoms with Gasteiger partial charge in [0, 0.05) is 14.3 Å². The first-order valence-electron chi connectivity index (χ1n) is 6.70. The van der Waals surface area contributed by atoms with E-state index < -0.39 is 0 Å². The Labute approximate surface area is 146 Å². The summed E-state index contributed by atoms with van der Waals surface area (Å²) in [6.45, 7) is 0. The Bertz CT molecular complexity index is 783. The maximum Gasteiger partial charge on any atom is 0.0450 e. The lowest BCUT2D eigenvalue weighted by molar-refractivity contribution is 0.950. The van der Waals surface area contributed by atoms with Gasteiger partial charge in [-0.15, -0.1) is 0 Å². The molecular weight excluding hydrogens is 411 g/mol. The highest BCUT2D eigenvalue weighted by Gasteiger charge is 2.13. The number of hydrogen-bond acceptors (Lipinski definition) is 0. The van der Waals surface area contributed by atoms with Gasteiger partial charge in [0.15, 0.2) is 0 Å². The summed E-state index contributed by atoms with van der Waals surface area (Å²) in [6, 6.07) is 21.0. The molecule has 0 aliphatic carbocycles. The molecule has 3 aromatic rings. The van der Waals surface area contributed by atoms with Gasteiger partial charge in [0.05, 0.1) is 0 Å². The number of alkyl halides is 1. The lowest BCUT2D eigenvalue weighted by Crippen LogP contribution is -1.96. The summed E-state index contributed by atoms with van der Waals surface area (Å²) in [5, 5.41) is 3.34. The highest BCUT2D eigenvalue weighted by atomic mass is 79.9. The first-order chi connectivity index (χ1) is 10.1. The molecule has 0 radical (unpaired) electrons. The van der Waals surface area contributed by atoms with Crippen LogP contribution in [-0.2, 0) is 6.42 Å². The first-order valence-corrected chi connectivity index (χ1v) is 8.79. The van der Waals surface area contributed by atoms with Crippen LogP contribution in [0.15, 0.2) is 65.1 Å². The molecule has 0 heterocycles. The van der Waals surface area contributed by atoms with E-state index in [0.29, 0.717) is 0 Å². The van der Waals surface area contributed by atoms with E-state index in [0.717, 1.165) is 21.5 Å². The highest BCUT2D eigenvalue weighted by Crippen LogP contribution is 2.34. The smallest absolute Gasteiger partial charge is 0.0450 e. The minimum atomic E-state index is 0.198. The van der Waals surface area contributed by atoms with Gasteiger partial charge in [-0.25, -0.2) is 0 Å². The van der Waals surface area contributed by atoms with Gasteiger partial charge in [-0.2, -0.15) is 0 Å². The summed E-state index contributed by atoms with van der Waals surface area (Å²) >= 11 is 13.6. The molecule has 0 aliphatic heterocycles. The van der Waals surface area contributed by atoms with Crippen LogP contribution in [0, 0.1) is 0 Å². The average Bonchev–Trinajstić information content (AvgIpc) is 2.49. The zero-order valence-electron chi connectivity index (χ0n) is 11.2. The van der Waals surface area contributed by atoms with Gasteiger partial charge < -0.3 is 0 Å². The van der Waals surface area contributed by atoms with Crippen LogP contribution >= 0.6 is 43.5 Å². The van der Waals surface area contributed by atoms with E-state index in [9.17, 15) is 0 Å².